The van der Waals surface area contributed by atoms with Crippen molar-refractivity contribution in [3.8, 4) is 0 Å². The minimum absolute atomic E-state index is 0.171. The highest BCUT2D eigenvalue weighted by atomic mass is 16.3. The van der Waals surface area contributed by atoms with E-state index in [0.717, 1.165) is 45.1 Å². The summed E-state index contributed by atoms with van der Waals surface area (Å²) < 4.78 is 0. The fraction of sp³-hybridized carbons (Fsp3) is 0.938. The van der Waals surface area contributed by atoms with Crippen molar-refractivity contribution in [1.82, 2.24) is 4.90 Å². The predicted octanol–water partition coefficient (Wildman–Crippen LogP) is 2.72. The standard InChI is InChI=1S/C16H27NO2/c18-15-9-2-1-7-13(15)14-8-4-10-17(14)16(19)11-12-5-3-6-12/h12-15,18H,1-11H2. The van der Waals surface area contributed by atoms with Crippen molar-refractivity contribution in [2.45, 2.75) is 76.4 Å². The molecule has 19 heavy (non-hydrogen) atoms. The Morgan fingerprint density at radius 2 is 1.79 bits per heavy atom. The van der Waals surface area contributed by atoms with Crippen molar-refractivity contribution in [3.05, 3.63) is 0 Å². The quantitative estimate of drug-likeness (QED) is 0.852. The van der Waals surface area contributed by atoms with Gasteiger partial charge in [-0.15, -0.1) is 0 Å². The van der Waals surface area contributed by atoms with Gasteiger partial charge in [0.1, 0.15) is 0 Å². The molecule has 3 unspecified atom stereocenters. The van der Waals surface area contributed by atoms with E-state index in [1.165, 1.54) is 25.7 Å². The Balaban J connectivity index is 1.61. The fourth-order valence-electron chi connectivity index (χ4n) is 4.20. The van der Waals surface area contributed by atoms with Crippen LogP contribution in [0.25, 0.3) is 0 Å². The van der Waals surface area contributed by atoms with E-state index < -0.39 is 0 Å². The van der Waals surface area contributed by atoms with E-state index in [4.69, 9.17) is 0 Å². The molecule has 2 aliphatic carbocycles. The fourth-order valence-corrected chi connectivity index (χ4v) is 4.20. The Morgan fingerprint density at radius 1 is 1.00 bits per heavy atom. The molecule has 0 spiro atoms. The van der Waals surface area contributed by atoms with Gasteiger partial charge in [0.15, 0.2) is 0 Å². The molecule has 3 heteroatoms. The van der Waals surface area contributed by atoms with Crippen LogP contribution in [0, 0.1) is 11.8 Å². The highest BCUT2D eigenvalue weighted by Crippen LogP contribution is 2.36. The number of rotatable bonds is 3. The first kappa shape index (κ1) is 13.4. The van der Waals surface area contributed by atoms with Crippen LogP contribution in [0.3, 0.4) is 0 Å². The Labute approximate surface area is 116 Å². The summed E-state index contributed by atoms with van der Waals surface area (Å²) in [6.07, 6.45) is 11.1. The van der Waals surface area contributed by atoms with Gasteiger partial charge in [-0.05, 0) is 44.4 Å². The van der Waals surface area contributed by atoms with Crippen LogP contribution in [0.5, 0.6) is 0 Å². The van der Waals surface area contributed by atoms with Crippen LogP contribution in [0.15, 0.2) is 0 Å². The molecule has 108 valence electrons. The highest BCUT2D eigenvalue weighted by molar-refractivity contribution is 5.77. The summed E-state index contributed by atoms with van der Waals surface area (Å²) in [5.74, 6) is 1.37. The third-order valence-corrected chi connectivity index (χ3v) is 5.58. The normalized spacial score (nSPS) is 36.3. The monoisotopic (exact) mass is 265 g/mol. The predicted molar refractivity (Wildman–Crippen MR) is 74.7 cm³/mol. The molecule has 1 heterocycles. The van der Waals surface area contributed by atoms with Gasteiger partial charge in [-0.1, -0.05) is 19.3 Å². The first-order valence-electron chi connectivity index (χ1n) is 8.23. The van der Waals surface area contributed by atoms with Gasteiger partial charge in [0, 0.05) is 24.9 Å². The molecule has 3 aliphatic rings. The maximum atomic E-state index is 12.5. The van der Waals surface area contributed by atoms with Crippen LogP contribution in [-0.2, 0) is 4.79 Å². The molecule has 0 aromatic carbocycles. The molecule has 0 aromatic rings. The van der Waals surface area contributed by atoms with E-state index in [0.29, 0.717) is 23.8 Å². The Kier molecular flexibility index (Phi) is 4.11. The summed E-state index contributed by atoms with van der Waals surface area (Å²) in [6, 6.07) is 0.336. The van der Waals surface area contributed by atoms with Crippen LogP contribution >= 0.6 is 0 Å². The Morgan fingerprint density at radius 3 is 2.47 bits per heavy atom. The number of nitrogens with zero attached hydrogens (tertiary/aromatic N) is 1. The van der Waals surface area contributed by atoms with Gasteiger partial charge in [-0.2, -0.15) is 0 Å². The maximum Gasteiger partial charge on any atom is 0.223 e. The van der Waals surface area contributed by atoms with Gasteiger partial charge in [-0.25, -0.2) is 0 Å². The lowest BCUT2D eigenvalue weighted by Crippen LogP contribution is -2.45. The van der Waals surface area contributed by atoms with Crippen molar-refractivity contribution in [2.24, 2.45) is 11.8 Å². The number of hydrogen-bond acceptors (Lipinski definition) is 2. The van der Waals surface area contributed by atoms with Crippen molar-refractivity contribution >= 4 is 5.91 Å². The molecule has 3 rings (SSSR count). The van der Waals surface area contributed by atoms with Crippen molar-refractivity contribution in [2.75, 3.05) is 6.54 Å². The second-order valence-electron chi connectivity index (χ2n) is 6.81. The molecule has 0 radical (unpaired) electrons. The minimum Gasteiger partial charge on any atom is -0.393 e. The number of aliphatic hydroxyl groups excluding tert-OH is 1. The molecular formula is C16H27NO2. The Bertz CT molecular complexity index is 327. The first-order chi connectivity index (χ1) is 9.25. The lowest BCUT2D eigenvalue weighted by atomic mass is 9.80. The van der Waals surface area contributed by atoms with Crippen LogP contribution in [-0.4, -0.2) is 34.6 Å². The number of amides is 1. The van der Waals surface area contributed by atoms with E-state index in [-0.39, 0.29) is 6.10 Å². The maximum absolute atomic E-state index is 12.5. The van der Waals surface area contributed by atoms with E-state index in [9.17, 15) is 9.90 Å². The summed E-state index contributed by atoms with van der Waals surface area (Å²) in [5, 5.41) is 10.2. The summed E-state index contributed by atoms with van der Waals surface area (Å²) in [4.78, 5) is 14.6. The van der Waals surface area contributed by atoms with Crippen molar-refractivity contribution in [1.29, 1.82) is 0 Å². The molecule has 3 nitrogen and oxygen atoms in total. The van der Waals surface area contributed by atoms with E-state index in [1.807, 2.05) is 0 Å². The first-order valence-corrected chi connectivity index (χ1v) is 8.23. The lowest BCUT2D eigenvalue weighted by Gasteiger charge is -2.38. The molecule has 0 aromatic heterocycles. The highest BCUT2D eigenvalue weighted by Gasteiger charge is 2.39. The lowest BCUT2D eigenvalue weighted by molar-refractivity contribution is -0.135. The molecule has 3 fully saturated rings. The van der Waals surface area contributed by atoms with E-state index in [1.54, 1.807) is 0 Å². The molecular weight excluding hydrogens is 238 g/mol. The number of carbonyl (C=O) groups excluding carboxylic acids is 1. The molecule has 1 amide bonds. The van der Waals surface area contributed by atoms with Crippen molar-refractivity contribution in [3.63, 3.8) is 0 Å². The average molecular weight is 265 g/mol. The van der Waals surface area contributed by atoms with Gasteiger partial charge < -0.3 is 10.0 Å². The third kappa shape index (κ3) is 2.81. The van der Waals surface area contributed by atoms with Gasteiger partial charge >= 0.3 is 0 Å². The van der Waals surface area contributed by atoms with Gasteiger partial charge in [-0.3, -0.25) is 4.79 Å². The number of hydrogen-bond donors (Lipinski definition) is 1. The molecule has 1 N–H and O–H groups in total. The minimum atomic E-state index is -0.171. The van der Waals surface area contributed by atoms with Crippen LogP contribution in [0.4, 0.5) is 0 Å². The van der Waals surface area contributed by atoms with E-state index in [2.05, 4.69) is 4.90 Å². The second-order valence-corrected chi connectivity index (χ2v) is 6.81. The molecule has 1 aliphatic heterocycles. The van der Waals surface area contributed by atoms with Gasteiger partial charge in [0.25, 0.3) is 0 Å². The molecule has 0 bridgehead atoms. The van der Waals surface area contributed by atoms with Crippen LogP contribution < -0.4 is 0 Å². The SMILES string of the molecule is O=C(CC1CCC1)N1CCCC1C1CCCCC1O. The topological polar surface area (TPSA) is 40.5 Å². The zero-order valence-electron chi connectivity index (χ0n) is 11.9. The van der Waals surface area contributed by atoms with Gasteiger partial charge in [0.2, 0.25) is 5.91 Å². The van der Waals surface area contributed by atoms with Crippen LogP contribution in [0.1, 0.15) is 64.2 Å². The summed E-state index contributed by atoms with van der Waals surface area (Å²) in [5.41, 5.74) is 0. The summed E-state index contributed by atoms with van der Waals surface area (Å²) >= 11 is 0. The smallest absolute Gasteiger partial charge is 0.223 e. The third-order valence-electron chi connectivity index (χ3n) is 5.58. The zero-order valence-corrected chi connectivity index (χ0v) is 11.9. The second kappa shape index (κ2) is 5.82. The molecule has 2 saturated carbocycles. The number of likely N-dealkylation sites (tertiary alicyclic amines) is 1. The summed E-state index contributed by atoms with van der Waals surface area (Å²) in [7, 11) is 0. The number of carbonyl (C=O) groups is 1. The average Bonchev–Trinajstić information content (AvgIpc) is 2.83. The van der Waals surface area contributed by atoms with Crippen LogP contribution in [0.2, 0.25) is 0 Å². The summed E-state index contributed by atoms with van der Waals surface area (Å²) in [6.45, 7) is 0.930. The largest absolute Gasteiger partial charge is 0.393 e. The molecule has 1 saturated heterocycles. The van der Waals surface area contributed by atoms with Crippen molar-refractivity contribution < 1.29 is 9.90 Å². The zero-order chi connectivity index (χ0) is 13.2. The Hall–Kier alpha value is -0.570. The van der Waals surface area contributed by atoms with E-state index >= 15 is 0 Å². The number of aliphatic hydroxyl groups is 1. The molecule has 3 atom stereocenters. The van der Waals surface area contributed by atoms with Gasteiger partial charge in [0.05, 0.1) is 6.10 Å².